The van der Waals surface area contributed by atoms with Gasteiger partial charge in [0.2, 0.25) is 10.0 Å². The predicted octanol–water partition coefficient (Wildman–Crippen LogP) is 3.43. The van der Waals surface area contributed by atoms with E-state index in [4.69, 9.17) is 9.88 Å². The van der Waals surface area contributed by atoms with Crippen LogP contribution in [-0.4, -0.2) is 39.6 Å². The Balaban J connectivity index is 1.32. The number of sulfonamides is 1. The third-order valence-electron chi connectivity index (χ3n) is 5.57. The SMILES string of the molecule is NS(=O)(=O)c1ccccc1CC1CCN(CCOc2cccc3ccccc23)C1. The highest BCUT2D eigenvalue weighted by Gasteiger charge is 2.24. The van der Waals surface area contributed by atoms with Crippen LogP contribution in [-0.2, 0) is 16.4 Å². The molecule has 3 aromatic rings. The van der Waals surface area contributed by atoms with Crippen LogP contribution in [0.25, 0.3) is 10.8 Å². The number of ether oxygens (including phenoxy) is 1. The topological polar surface area (TPSA) is 72.6 Å². The van der Waals surface area contributed by atoms with E-state index in [1.54, 1.807) is 12.1 Å². The molecule has 1 unspecified atom stereocenters. The molecule has 0 radical (unpaired) electrons. The van der Waals surface area contributed by atoms with E-state index in [2.05, 4.69) is 23.1 Å². The van der Waals surface area contributed by atoms with Gasteiger partial charge < -0.3 is 4.74 Å². The molecule has 1 saturated heterocycles. The zero-order valence-electron chi connectivity index (χ0n) is 16.3. The van der Waals surface area contributed by atoms with Crippen LogP contribution in [0.4, 0.5) is 0 Å². The van der Waals surface area contributed by atoms with Crippen LogP contribution in [0.2, 0.25) is 0 Å². The second kappa shape index (κ2) is 8.53. The average molecular weight is 411 g/mol. The number of benzene rings is 3. The molecule has 1 aliphatic heterocycles. The molecule has 4 rings (SSSR count). The molecule has 1 fully saturated rings. The Morgan fingerprint density at radius 1 is 1.00 bits per heavy atom. The fourth-order valence-corrected chi connectivity index (χ4v) is 4.93. The number of primary sulfonamides is 1. The van der Waals surface area contributed by atoms with E-state index < -0.39 is 10.0 Å². The van der Waals surface area contributed by atoms with E-state index in [0.717, 1.165) is 49.2 Å². The molecule has 29 heavy (non-hydrogen) atoms. The smallest absolute Gasteiger partial charge is 0.238 e. The quantitative estimate of drug-likeness (QED) is 0.648. The Labute approximate surface area is 172 Å². The molecular formula is C23H26N2O3S. The molecule has 1 heterocycles. The van der Waals surface area contributed by atoms with Crippen molar-refractivity contribution in [2.24, 2.45) is 11.1 Å². The number of likely N-dealkylation sites (tertiary alicyclic amines) is 1. The highest BCUT2D eigenvalue weighted by Crippen LogP contribution is 2.26. The minimum atomic E-state index is -3.69. The minimum Gasteiger partial charge on any atom is -0.492 e. The zero-order chi connectivity index (χ0) is 20.3. The van der Waals surface area contributed by atoms with Crippen LogP contribution in [0.5, 0.6) is 5.75 Å². The lowest BCUT2D eigenvalue weighted by Gasteiger charge is -2.17. The van der Waals surface area contributed by atoms with Crippen molar-refractivity contribution in [2.45, 2.75) is 17.7 Å². The third kappa shape index (κ3) is 4.78. The number of hydrogen-bond acceptors (Lipinski definition) is 4. The largest absolute Gasteiger partial charge is 0.492 e. The molecule has 5 nitrogen and oxygen atoms in total. The van der Waals surface area contributed by atoms with Crippen LogP contribution in [0, 0.1) is 5.92 Å². The Morgan fingerprint density at radius 2 is 1.76 bits per heavy atom. The monoisotopic (exact) mass is 410 g/mol. The summed E-state index contributed by atoms with van der Waals surface area (Å²) in [6.45, 7) is 3.43. The van der Waals surface area contributed by atoms with Crippen LogP contribution in [0.1, 0.15) is 12.0 Å². The Morgan fingerprint density at radius 3 is 2.62 bits per heavy atom. The molecule has 1 atom stereocenters. The molecule has 2 N–H and O–H groups in total. The van der Waals surface area contributed by atoms with Gasteiger partial charge in [0.25, 0.3) is 0 Å². The molecule has 3 aromatic carbocycles. The molecule has 6 heteroatoms. The summed E-state index contributed by atoms with van der Waals surface area (Å²) in [5, 5.41) is 7.68. The number of fused-ring (bicyclic) bond motifs is 1. The standard InChI is InChI=1S/C23H26N2O3S/c24-29(26,27)23-11-4-2-7-20(23)16-18-12-13-25(17-18)14-15-28-22-10-5-8-19-6-1-3-9-21(19)22/h1-11,18H,12-17H2,(H2,24,26,27). The first-order chi connectivity index (χ1) is 14.0. The lowest BCUT2D eigenvalue weighted by Crippen LogP contribution is -2.26. The van der Waals surface area contributed by atoms with Crippen LogP contribution in [0.3, 0.4) is 0 Å². The number of hydrogen-bond donors (Lipinski definition) is 1. The van der Waals surface area contributed by atoms with Gasteiger partial charge in [-0.1, -0.05) is 54.6 Å². The molecule has 0 spiro atoms. The van der Waals surface area contributed by atoms with Crippen LogP contribution < -0.4 is 9.88 Å². The van der Waals surface area contributed by atoms with Gasteiger partial charge in [-0.2, -0.15) is 0 Å². The molecular weight excluding hydrogens is 384 g/mol. The van der Waals surface area contributed by atoms with Crippen molar-refractivity contribution < 1.29 is 13.2 Å². The Hall–Kier alpha value is -2.41. The zero-order valence-corrected chi connectivity index (χ0v) is 17.1. The number of nitrogens with two attached hydrogens (primary N) is 1. The maximum atomic E-state index is 11.8. The summed E-state index contributed by atoms with van der Waals surface area (Å²) in [6, 6.07) is 21.4. The van der Waals surface area contributed by atoms with Gasteiger partial charge in [-0.05, 0) is 48.4 Å². The molecule has 0 saturated carbocycles. The normalized spacial score (nSPS) is 17.6. The summed E-state index contributed by atoms with van der Waals surface area (Å²) in [5.41, 5.74) is 0.814. The first-order valence-electron chi connectivity index (χ1n) is 9.94. The van der Waals surface area contributed by atoms with Gasteiger partial charge in [-0.15, -0.1) is 0 Å². The summed E-state index contributed by atoms with van der Waals surface area (Å²) >= 11 is 0. The maximum absolute atomic E-state index is 11.8. The lowest BCUT2D eigenvalue weighted by molar-refractivity contribution is 0.234. The fraction of sp³-hybridized carbons (Fsp3) is 0.304. The van der Waals surface area contributed by atoms with E-state index in [-0.39, 0.29) is 4.90 Å². The summed E-state index contributed by atoms with van der Waals surface area (Å²) in [5.74, 6) is 1.34. The highest BCUT2D eigenvalue weighted by atomic mass is 32.2. The van der Waals surface area contributed by atoms with Crippen molar-refractivity contribution in [3.63, 3.8) is 0 Å². The van der Waals surface area contributed by atoms with Crippen molar-refractivity contribution in [2.75, 3.05) is 26.2 Å². The van der Waals surface area contributed by atoms with Gasteiger partial charge in [0, 0.05) is 18.5 Å². The summed E-state index contributed by atoms with van der Waals surface area (Å²) in [6.07, 6.45) is 1.78. The summed E-state index contributed by atoms with van der Waals surface area (Å²) < 4.78 is 29.7. The minimum absolute atomic E-state index is 0.248. The first-order valence-corrected chi connectivity index (χ1v) is 11.5. The van der Waals surface area contributed by atoms with Crippen LogP contribution >= 0.6 is 0 Å². The first kappa shape index (κ1) is 19.9. The number of nitrogens with zero attached hydrogens (tertiary/aromatic N) is 1. The van der Waals surface area contributed by atoms with E-state index in [1.807, 2.05) is 36.4 Å². The Kier molecular flexibility index (Phi) is 5.85. The van der Waals surface area contributed by atoms with Crippen molar-refractivity contribution >= 4 is 20.8 Å². The van der Waals surface area contributed by atoms with E-state index >= 15 is 0 Å². The molecule has 0 amide bonds. The second-order valence-electron chi connectivity index (χ2n) is 7.64. The Bertz CT molecular complexity index is 1090. The summed E-state index contributed by atoms with van der Waals surface area (Å²) in [4.78, 5) is 2.63. The maximum Gasteiger partial charge on any atom is 0.238 e. The van der Waals surface area contributed by atoms with Gasteiger partial charge in [0.1, 0.15) is 12.4 Å². The average Bonchev–Trinajstić information content (AvgIpc) is 3.15. The molecule has 152 valence electrons. The number of rotatable bonds is 7. The van der Waals surface area contributed by atoms with Gasteiger partial charge >= 0.3 is 0 Å². The van der Waals surface area contributed by atoms with Crippen LogP contribution in [0.15, 0.2) is 71.6 Å². The van der Waals surface area contributed by atoms with E-state index in [1.165, 1.54) is 5.39 Å². The van der Waals surface area contributed by atoms with Gasteiger partial charge in [-0.25, -0.2) is 13.6 Å². The second-order valence-corrected chi connectivity index (χ2v) is 9.17. The summed E-state index contributed by atoms with van der Waals surface area (Å²) in [7, 11) is -3.69. The van der Waals surface area contributed by atoms with Gasteiger partial charge in [-0.3, -0.25) is 4.90 Å². The van der Waals surface area contributed by atoms with Gasteiger partial charge in [0.05, 0.1) is 4.90 Å². The highest BCUT2D eigenvalue weighted by molar-refractivity contribution is 7.89. The predicted molar refractivity (Wildman–Crippen MR) is 116 cm³/mol. The fourth-order valence-electron chi connectivity index (χ4n) is 4.15. The van der Waals surface area contributed by atoms with Crippen molar-refractivity contribution in [1.29, 1.82) is 0 Å². The third-order valence-corrected chi connectivity index (χ3v) is 6.58. The van der Waals surface area contributed by atoms with Crippen molar-refractivity contribution in [3.8, 4) is 5.75 Å². The lowest BCUT2D eigenvalue weighted by atomic mass is 9.99. The van der Waals surface area contributed by atoms with E-state index in [0.29, 0.717) is 12.5 Å². The molecule has 0 aromatic heterocycles. The molecule has 1 aliphatic rings. The van der Waals surface area contributed by atoms with Crippen molar-refractivity contribution in [3.05, 3.63) is 72.3 Å². The van der Waals surface area contributed by atoms with E-state index in [9.17, 15) is 8.42 Å². The van der Waals surface area contributed by atoms with Gasteiger partial charge in [0.15, 0.2) is 0 Å². The molecule has 0 aliphatic carbocycles. The molecule has 0 bridgehead atoms. The van der Waals surface area contributed by atoms with Crippen molar-refractivity contribution in [1.82, 2.24) is 4.90 Å².